The van der Waals surface area contributed by atoms with Crippen molar-refractivity contribution in [2.75, 3.05) is 6.61 Å². The first-order valence-corrected chi connectivity index (χ1v) is 9.26. The zero-order chi connectivity index (χ0) is 27.2. The number of benzene rings is 1. The van der Waals surface area contributed by atoms with Crippen molar-refractivity contribution in [1.29, 1.82) is 0 Å². The Labute approximate surface area is 184 Å². The lowest BCUT2D eigenvalue weighted by atomic mass is 9.84. The molecule has 1 unspecified atom stereocenters. The van der Waals surface area contributed by atoms with E-state index in [1.165, 1.54) is 0 Å². The smallest absolute Gasteiger partial charge is 0.460 e. The Balaban J connectivity index is 3.31. The van der Waals surface area contributed by atoms with Gasteiger partial charge in [0, 0.05) is 0 Å². The molecule has 0 saturated heterocycles. The average molecular weight is 526 g/mol. The largest absolute Gasteiger partial charge is 0.493 e. The summed E-state index contributed by atoms with van der Waals surface area (Å²) in [5.74, 6) is -37.4. The van der Waals surface area contributed by atoms with Crippen LogP contribution in [0.15, 0.2) is 24.3 Å². The van der Waals surface area contributed by atoms with Crippen molar-refractivity contribution < 1.29 is 66.9 Å². The first-order valence-electron chi connectivity index (χ1n) is 9.26. The van der Waals surface area contributed by atoms with Gasteiger partial charge in [-0.3, -0.25) is 0 Å². The third-order valence-corrected chi connectivity index (χ3v) is 4.62. The first kappa shape index (κ1) is 30.1. The standard InChI is InChI=1S/C19H19F13O2/c1-10(2)8-34-12-6-4-11(5-7-12)13(3,33)9-14(20,21)15(22,23)16(24,25)17(26,27)18(28,29)19(30,31)32/h4-7,10,33H,8-9H2,1-3H3. The summed E-state index contributed by atoms with van der Waals surface area (Å²) in [6.45, 7) is 4.12. The highest BCUT2D eigenvalue weighted by Gasteiger charge is 2.90. The lowest BCUT2D eigenvalue weighted by Crippen LogP contribution is -2.70. The second-order valence-electron chi connectivity index (χ2n) is 8.18. The van der Waals surface area contributed by atoms with Crippen LogP contribution in [-0.2, 0) is 5.60 Å². The maximum Gasteiger partial charge on any atom is 0.460 e. The molecule has 0 radical (unpaired) electrons. The minimum absolute atomic E-state index is 0.0493. The number of ether oxygens (including phenoxy) is 1. The van der Waals surface area contributed by atoms with E-state index in [1.54, 1.807) is 13.8 Å². The van der Waals surface area contributed by atoms with E-state index >= 15 is 0 Å². The highest BCUT2D eigenvalue weighted by atomic mass is 19.4. The third-order valence-electron chi connectivity index (χ3n) is 4.62. The minimum atomic E-state index is -7.98. The van der Waals surface area contributed by atoms with Gasteiger partial charge in [-0.1, -0.05) is 26.0 Å². The maximum absolute atomic E-state index is 14.1. The summed E-state index contributed by atoms with van der Waals surface area (Å²) in [6, 6.07) is 3.81. The first-order chi connectivity index (χ1) is 14.8. The Kier molecular flexibility index (Phi) is 7.91. The summed E-state index contributed by atoms with van der Waals surface area (Å²) in [4.78, 5) is 0. The molecule has 0 aromatic heterocycles. The molecule has 0 spiro atoms. The molecule has 1 atom stereocenters. The van der Waals surface area contributed by atoms with Crippen LogP contribution < -0.4 is 4.74 Å². The number of alkyl halides is 13. The van der Waals surface area contributed by atoms with Gasteiger partial charge in [0.25, 0.3) is 0 Å². The maximum atomic E-state index is 14.1. The molecule has 0 bridgehead atoms. The second-order valence-corrected chi connectivity index (χ2v) is 8.18. The van der Waals surface area contributed by atoms with Crippen LogP contribution in [0.1, 0.15) is 32.8 Å². The third kappa shape index (κ3) is 5.18. The van der Waals surface area contributed by atoms with Gasteiger partial charge in [-0.05, 0) is 30.5 Å². The van der Waals surface area contributed by atoms with Crippen molar-refractivity contribution in [3.05, 3.63) is 29.8 Å². The van der Waals surface area contributed by atoms with Gasteiger partial charge in [-0.25, -0.2) is 0 Å². The summed E-state index contributed by atoms with van der Waals surface area (Å²) in [7, 11) is 0. The van der Waals surface area contributed by atoms with E-state index in [9.17, 15) is 62.2 Å². The summed E-state index contributed by atoms with van der Waals surface area (Å²) in [5.41, 5.74) is -3.78. The molecule has 0 aliphatic carbocycles. The Bertz CT molecular complexity index is 828. The average Bonchev–Trinajstić information content (AvgIpc) is 2.64. The van der Waals surface area contributed by atoms with Gasteiger partial charge < -0.3 is 9.84 Å². The van der Waals surface area contributed by atoms with Crippen molar-refractivity contribution >= 4 is 0 Å². The van der Waals surface area contributed by atoms with Gasteiger partial charge in [0.05, 0.1) is 18.6 Å². The molecule has 2 nitrogen and oxygen atoms in total. The number of halogens is 13. The molecule has 34 heavy (non-hydrogen) atoms. The van der Waals surface area contributed by atoms with Gasteiger partial charge in [0.15, 0.2) is 0 Å². The monoisotopic (exact) mass is 526 g/mol. The molecule has 15 heteroatoms. The van der Waals surface area contributed by atoms with Crippen LogP contribution >= 0.6 is 0 Å². The van der Waals surface area contributed by atoms with Crippen molar-refractivity contribution in [2.24, 2.45) is 5.92 Å². The molecule has 0 saturated carbocycles. The van der Waals surface area contributed by atoms with Crippen LogP contribution in [0.4, 0.5) is 57.1 Å². The molecular weight excluding hydrogens is 507 g/mol. The summed E-state index contributed by atoms with van der Waals surface area (Å²) in [5, 5.41) is 10.1. The number of hydrogen-bond donors (Lipinski definition) is 1. The van der Waals surface area contributed by atoms with Crippen molar-refractivity contribution in [2.45, 2.75) is 68.6 Å². The molecule has 0 aliphatic rings. The SMILES string of the molecule is CC(C)COc1ccc(C(C)(O)CC(F)(F)C(F)(F)C(F)(F)C(F)(F)C(F)(F)C(F)(F)F)cc1. The Morgan fingerprint density at radius 1 is 0.706 bits per heavy atom. The van der Waals surface area contributed by atoms with E-state index in [4.69, 9.17) is 4.74 Å². The van der Waals surface area contributed by atoms with E-state index < -0.39 is 53.4 Å². The Hall–Kier alpha value is -1.93. The van der Waals surface area contributed by atoms with E-state index in [0.717, 1.165) is 24.3 Å². The van der Waals surface area contributed by atoms with E-state index in [1.807, 2.05) is 0 Å². The molecule has 198 valence electrons. The van der Waals surface area contributed by atoms with Crippen molar-refractivity contribution in [1.82, 2.24) is 0 Å². The molecule has 0 fully saturated rings. The van der Waals surface area contributed by atoms with Crippen LogP contribution in [0, 0.1) is 5.92 Å². The highest BCUT2D eigenvalue weighted by molar-refractivity contribution is 5.31. The molecule has 0 amide bonds. The summed E-state index contributed by atoms with van der Waals surface area (Å²) >= 11 is 0. The van der Waals surface area contributed by atoms with Crippen molar-refractivity contribution in [3.8, 4) is 5.75 Å². The lowest BCUT2D eigenvalue weighted by Gasteiger charge is -2.41. The van der Waals surface area contributed by atoms with E-state index in [0.29, 0.717) is 6.92 Å². The van der Waals surface area contributed by atoms with Gasteiger partial charge in [-0.15, -0.1) is 0 Å². The fourth-order valence-electron chi connectivity index (χ4n) is 2.62. The van der Waals surface area contributed by atoms with Crippen LogP contribution in [0.25, 0.3) is 0 Å². The Morgan fingerprint density at radius 2 is 1.12 bits per heavy atom. The van der Waals surface area contributed by atoms with E-state index in [-0.39, 0.29) is 18.3 Å². The predicted molar refractivity (Wildman–Crippen MR) is 91.8 cm³/mol. The zero-order valence-corrected chi connectivity index (χ0v) is 17.6. The van der Waals surface area contributed by atoms with Crippen molar-refractivity contribution in [3.63, 3.8) is 0 Å². The minimum Gasteiger partial charge on any atom is -0.493 e. The van der Waals surface area contributed by atoms with Crippen LogP contribution in [0.3, 0.4) is 0 Å². The topological polar surface area (TPSA) is 29.5 Å². The molecular formula is C19H19F13O2. The molecule has 1 rings (SSSR count). The number of rotatable bonds is 10. The lowest BCUT2D eigenvalue weighted by molar-refractivity contribution is -0.441. The Morgan fingerprint density at radius 3 is 1.50 bits per heavy atom. The van der Waals surface area contributed by atoms with Gasteiger partial charge in [-0.2, -0.15) is 57.1 Å². The fourth-order valence-corrected chi connectivity index (χ4v) is 2.62. The molecule has 0 aliphatic heterocycles. The normalized spacial score (nSPS) is 16.5. The highest BCUT2D eigenvalue weighted by Crippen LogP contribution is 2.61. The van der Waals surface area contributed by atoms with Gasteiger partial charge in [0.2, 0.25) is 0 Å². The molecule has 1 N–H and O–H groups in total. The van der Waals surface area contributed by atoms with Crippen LogP contribution in [-0.4, -0.2) is 47.5 Å². The molecule has 1 aromatic carbocycles. The van der Waals surface area contributed by atoms with Gasteiger partial charge in [0.1, 0.15) is 5.75 Å². The molecule has 0 heterocycles. The summed E-state index contributed by atoms with van der Waals surface area (Å²) in [6.07, 6.45) is -10.2. The predicted octanol–water partition coefficient (Wildman–Crippen LogP) is 7.06. The van der Waals surface area contributed by atoms with E-state index in [2.05, 4.69) is 0 Å². The van der Waals surface area contributed by atoms with Crippen LogP contribution in [0.2, 0.25) is 0 Å². The number of aliphatic hydroxyl groups is 1. The number of hydrogen-bond acceptors (Lipinski definition) is 2. The quantitative estimate of drug-likeness (QED) is 0.331. The molecule has 1 aromatic rings. The van der Waals surface area contributed by atoms with Crippen LogP contribution in [0.5, 0.6) is 5.75 Å². The van der Waals surface area contributed by atoms with Gasteiger partial charge >= 0.3 is 35.8 Å². The second kappa shape index (κ2) is 8.94. The zero-order valence-electron chi connectivity index (χ0n) is 17.6. The summed E-state index contributed by atoms with van der Waals surface area (Å²) < 4.78 is 177. The fraction of sp³-hybridized carbons (Fsp3) is 0.684.